The Bertz CT molecular complexity index is 965. The molecule has 0 atom stereocenters. The number of fused-ring (bicyclic) bond motifs is 1. The zero-order valence-electron chi connectivity index (χ0n) is 14.9. The minimum Gasteiger partial charge on any atom is -0.494 e. The van der Waals surface area contributed by atoms with Gasteiger partial charge in [-0.2, -0.15) is 10.1 Å². The predicted octanol–water partition coefficient (Wildman–Crippen LogP) is 3.64. The number of aromatic nitrogens is 3. The van der Waals surface area contributed by atoms with Crippen molar-refractivity contribution in [3.05, 3.63) is 41.0 Å². The lowest BCUT2D eigenvalue weighted by molar-refractivity contribution is 0.0992. The summed E-state index contributed by atoms with van der Waals surface area (Å²) in [5.41, 5.74) is 1.42. The molecule has 0 aliphatic heterocycles. The first-order valence-electron chi connectivity index (χ1n) is 8.43. The van der Waals surface area contributed by atoms with E-state index in [0.29, 0.717) is 17.1 Å². The molecule has 2 heterocycles. The van der Waals surface area contributed by atoms with E-state index in [1.54, 1.807) is 16.9 Å². The second-order valence-electron chi connectivity index (χ2n) is 5.88. The summed E-state index contributed by atoms with van der Waals surface area (Å²) in [7, 11) is 0. The fourth-order valence-electron chi connectivity index (χ4n) is 2.58. The Morgan fingerprint density at radius 1 is 1.32 bits per heavy atom. The summed E-state index contributed by atoms with van der Waals surface area (Å²) in [5.74, 6) is 0.506. The van der Waals surface area contributed by atoms with E-state index in [2.05, 4.69) is 10.1 Å². The van der Waals surface area contributed by atoms with E-state index in [1.807, 2.05) is 50.5 Å². The van der Waals surface area contributed by atoms with Gasteiger partial charge in [-0.25, -0.2) is 0 Å². The first kappa shape index (κ1) is 17.4. The zero-order valence-corrected chi connectivity index (χ0v) is 15.7. The van der Waals surface area contributed by atoms with E-state index in [1.165, 1.54) is 11.3 Å². The van der Waals surface area contributed by atoms with Crippen molar-refractivity contribution in [2.75, 3.05) is 6.61 Å². The number of thiazole rings is 1. The molecule has 0 aliphatic rings. The highest BCUT2D eigenvalue weighted by Crippen LogP contribution is 2.23. The molecule has 7 heteroatoms. The van der Waals surface area contributed by atoms with Crippen molar-refractivity contribution in [1.29, 1.82) is 0 Å². The van der Waals surface area contributed by atoms with Gasteiger partial charge in [-0.05, 0) is 52.0 Å². The molecule has 3 aromatic rings. The van der Waals surface area contributed by atoms with Gasteiger partial charge >= 0.3 is 0 Å². The summed E-state index contributed by atoms with van der Waals surface area (Å²) < 4.78 is 10.4. The lowest BCUT2D eigenvalue weighted by Gasteiger charge is -2.03. The topological polar surface area (TPSA) is 61.4 Å². The number of carbonyl (C=O) groups excluding carboxylic acids is 1. The summed E-state index contributed by atoms with van der Waals surface area (Å²) in [6.07, 6.45) is 1.81. The molecular weight excluding hydrogens is 336 g/mol. The Morgan fingerprint density at radius 3 is 2.76 bits per heavy atom. The maximum atomic E-state index is 12.5. The molecule has 132 valence electrons. The number of ether oxygens (including phenoxy) is 1. The van der Waals surface area contributed by atoms with Crippen molar-refractivity contribution in [1.82, 2.24) is 14.3 Å². The van der Waals surface area contributed by atoms with Gasteiger partial charge in [0.1, 0.15) is 5.75 Å². The molecule has 0 unspecified atom stereocenters. The second kappa shape index (κ2) is 7.23. The number of benzene rings is 1. The first-order chi connectivity index (χ1) is 12.0. The molecule has 25 heavy (non-hydrogen) atoms. The maximum absolute atomic E-state index is 12.5. The third-order valence-corrected chi connectivity index (χ3v) is 4.88. The van der Waals surface area contributed by atoms with Crippen LogP contribution in [0.4, 0.5) is 0 Å². The molecule has 1 amide bonds. The highest BCUT2D eigenvalue weighted by Gasteiger charge is 2.12. The molecule has 0 N–H and O–H groups in total. The smallest absolute Gasteiger partial charge is 0.300 e. The number of rotatable bonds is 5. The summed E-state index contributed by atoms with van der Waals surface area (Å²) in [6.45, 7) is 9.40. The fourth-order valence-corrected chi connectivity index (χ4v) is 3.71. The molecule has 0 bridgehead atoms. The van der Waals surface area contributed by atoms with Crippen LogP contribution in [-0.2, 0) is 6.54 Å². The van der Waals surface area contributed by atoms with Crippen LogP contribution in [0.5, 0.6) is 5.75 Å². The van der Waals surface area contributed by atoms with Crippen LogP contribution < -0.4 is 9.54 Å². The van der Waals surface area contributed by atoms with Crippen LogP contribution in [0, 0.1) is 0 Å². The Hall–Kier alpha value is -2.41. The molecule has 3 rings (SSSR count). The molecule has 2 aromatic heterocycles. The van der Waals surface area contributed by atoms with E-state index in [9.17, 15) is 4.79 Å². The van der Waals surface area contributed by atoms with Gasteiger partial charge in [0.15, 0.2) is 10.5 Å². The number of aryl methyl sites for hydroxylation is 1. The van der Waals surface area contributed by atoms with Crippen molar-refractivity contribution in [2.45, 2.75) is 40.3 Å². The van der Waals surface area contributed by atoms with Gasteiger partial charge in [0.2, 0.25) is 0 Å². The third kappa shape index (κ3) is 3.51. The third-order valence-electron chi connectivity index (χ3n) is 3.84. The quantitative estimate of drug-likeness (QED) is 0.699. The van der Waals surface area contributed by atoms with Crippen molar-refractivity contribution >= 4 is 27.5 Å². The summed E-state index contributed by atoms with van der Waals surface area (Å²) in [5, 5.41) is 4.30. The van der Waals surface area contributed by atoms with Crippen LogP contribution in [-0.4, -0.2) is 26.9 Å². The second-order valence-corrected chi connectivity index (χ2v) is 6.89. The van der Waals surface area contributed by atoms with Crippen LogP contribution in [0.1, 0.15) is 44.2 Å². The molecule has 0 saturated heterocycles. The Balaban J connectivity index is 2.03. The SMILES string of the molecule is CCOc1ccc2c(c1)sc(=NC(=O)c1ccn(C(C)C)n1)n2CC. The van der Waals surface area contributed by atoms with Crippen molar-refractivity contribution in [2.24, 2.45) is 4.99 Å². The van der Waals surface area contributed by atoms with E-state index in [4.69, 9.17) is 4.74 Å². The van der Waals surface area contributed by atoms with Crippen LogP contribution >= 0.6 is 11.3 Å². The van der Waals surface area contributed by atoms with Crippen molar-refractivity contribution < 1.29 is 9.53 Å². The monoisotopic (exact) mass is 358 g/mol. The van der Waals surface area contributed by atoms with E-state index < -0.39 is 0 Å². The Morgan fingerprint density at radius 2 is 2.12 bits per heavy atom. The molecule has 0 spiro atoms. The minimum atomic E-state index is -0.321. The average molecular weight is 358 g/mol. The fraction of sp³-hybridized carbons (Fsp3) is 0.389. The number of amides is 1. The molecule has 0 saturated carbocycles. The number of nitrogens with zero attached hydrogens (tertiary/aromatic N) is 4. The zero-order chi connectivity index (χ0) is 18.0. The normalized spacial score (nSPS) is 12.3. The number of carbonyl (C=O) groups is 1. The van der Waals surface area contributed by atoms with Crippen LogP contribution in [0.3, 0.4) is 0 Å². The van der Waals surface area contributed by atoms with Crippen molar-refractivity contribution in [3.63, 3.8) is 0 Å². The van der Waals surface area contributed by atoms with Crippen LogP contribution in [0.15, 0.2) is 35.5 Å². The first-order valence-corrected chi connectivity index (χ1v) is 9.25. The standard InChI is InChI=1S/C18H22N4O2S/c1-5-21-15-8-7-13(24-6-2)11-16(15)25-18(21)19-17(23)14-9-10-22(20-14)12(3)4/h7-12H,5-6H2,1-4H3. The molecule has 1 aromatic carbocycles. The van der Waals surface area contributed by atoms with Gasteiger partial charge in [0.05, 0.1) is 16.8 Å². The van der Waals surface area contributed by atoms with Gasteiger partial charge < -0.3 is 9.30 Å². The summed E-state index contributed by atoms with van der Waals surface area (Å²) in [6, 6.07) is 7.87. The van der Waals surface area contributed by atoms with E-state index in [0.717, 1.165) is 22.5 Å². The van der Waals surface area contributed by atoms with Crippen LogP contribution in [0.25, 0.3) is 10.2 Å². The maximum Gasteiger partial charge on any atom is 0.300 e. The van der Waals surface area contributed by atoms with Gasteiger partial charge in [-0.3, -0.25) is 9.48 Å². The van der Waals surface area contributed by atoms with Gasteiger partial charge in [-0.15, -0.1) is 0 Å². The average Bonchev–Trinajstić information content (AvgIpc) is 3.19. The van der Waals surface area contributed by atoms with E-state index in [-0.39, 0.29) is 11.9 Å². The molecule has 0 aliphatic carbocycles. The van der Waals surface area contributed by atoms with Crippen molar-refractivity contribution in [3.8, 4) is 5.75 Å². The largest absolute Gasteiger partial charge is 0.494 e. The summed E-state index contributed by atoms with van der Waals surface area (Å²) >= 11 is 1.49. The van der Waals surface area contributed by atoms with Crippen LogP contribution in [0.2, 0.25) is 0 Å². The highest BCUT2D eigenvalue weighted by molar-refractivity contribution is 7.16. The molecule has 6 nitrogen and oxygen atoms in total. The van der Waals surface area contributed by atoms with E-state index >= 15 is 0 Å². The van der Waals surface area contributed by atoms with Gasteiger partial charge in [0, 0.05) is 18.8 Å². The Kier molecular flexibility index (Phi) is 5.03. The summed E-state index contributed by atoms with van der Waals surface area (Å²) in [4.78, 5) is 17.5. The Labute approximate surface area is 150 Å². The van der Waals surface area contributed by atoms with Gasteiger partial charge in [-0.1, -0.05) is 11.3 Å². The molecular formula is C18H22N4O2S. The molecule has 0 fully saturated rings. The molecule has 0 radical (unpaired) electrons. The predicted molar refractivity (Wildman–Crippen MR) is 99.2 cm³/mol. The number of hydrogen-bond acceptors (Lipinski definition) is 4. The lowest BCUT2D eigenvalue weighted by atomic mass is 10.3. The highest BCUT2D eigenvalue weighted by atomic mass is 32.1. The lowest BCUT2D eigenvalue weighted by Crippen LogP contribution is -2.16. The number of hydrogen-bond donors (Lipinski definition) is 0. The van der Waals surface area contributed by atoms with Gasteiger partial charge in [0.25, 0.3) is 5.91 Å². The minimum absolute atomic E-state index is 0.212.